The van der Waals surface area contributed by atoms with Crippen LogP contribution in [-0.4, -0.2) is 27.3 Å². The van der Waals surface area contributed by atoms with Gasteiger partial charge in [-0.1, -0.05) is 42.6 Å². The second kappa shape index (κ2) is 8.89. The Balaban J connectivity index is 0.00000210. The van der Waals surface area contributed by atoms with Crippen molar-refractivity contribution in [1.29, 1.82) is 0 Å². The molecule has 1 saturated carbocycles. The predicted octanol–water partition coefficient (Wildman–Crippen LogP) is 4.75. The van der Waals surface area contributed by atoms with Crippen LogP contribution in [0.15, 0.2) is 35.0 Å². The highest BCUT2D eigenvalue weighted by atomic mass is 35.5. The van der Waals surface area contributed by atoms with Crippen LogP contribution in [0.4, 0.5) is 0 Å². The van der Waals surface area contributed by atoms with Crippen molar-refractivity contribution in [1.82, 2.24) is 20.0 Å². The third-order valence-electron chi connectivity index (χ3n) is 5.77. The van der Waals surface area contributed by atoms with E-state index in [4.69, 9.17) is 4.52 Å². The van der Waals surface area contributed by atoms with Crippen LogP contribution in [0, 0.1) is 5.92 Å². The van der Waals surface area contributed by atoms with Crippen LogP contribution in [0.3, 0.4) is 0 Å². The van der Waals surface area contributed by atoms with Crippen LogP contribution in [-0.2, 0) is 13.5 Å². The Hall–Kier alpha value is -1.85. The van der Waals surface area contributed by atoms with E-state index in [0.717, 1.165) is 29.8 Å². The molecular weight excluding hydrogens is 360 g/mol. The highest BCUT2D eigenvalue weighted by Crippen LogP contribution is 2.28. The molecule has 2 aromatic heterocycles. The summed E-state index contributed by atoms with van der Waals surface area (Å²) in [6.45, 7) is 3.19. The van der Waals surface area contributed by atoms with Crippen molar-refractivity contribution in [3.63, 3.8) is 0 Å². The summed E-state index contributed by atoms with van der Waals surface area (Å²) in [5.41, 5.74) is 2.21. The SMILES string of the molecule is C[C@@H](NCCc1nc(-c2cn(C)c3ccccc23)no1)C1CCCCC1.Cl. The molecule has 2 heterocycles. The number of nitrogens with one attached hydrogen (secondary N) is 1. The zero-order valence-corrected chi connectivity index (χ0v) is 17.0. The largest absolute Gasteiger partial charge is 0.350 e. The number of hydrogen-bond donors (Lipinski definition) is 1. The van der Waals surface area contributed by atoms with Crippen molar-refractivity contribution in [3.8, 4) is 11.4 Å². The first-order valence-electron chi connectivity index (χ1n) is 9.83. The molecule has 0 spiro atoms. The molecule has 5 nitrogen and oxygen atoms in total. The van der Waals surface area contributed by atoms with E-state index >= 15 is 0 Å². The highest BCUT2D eigenvalue weighted by Gasteiger charge is 2.20. The van der Waals surface area contributed by atoms with E-state index in [9.17, 15) is 0 Å². The lowest BCUT2D eigenvalue weighted by Gasteiger charge is -2.28. The summed E-state index contributed by atoms with van der Waals surface area (Å²) in [5, 5.41) is 9.02. The summed E-state index contributed by atoms with van der Waals surface area (Å²) in [6.07, 6.45) is 9.74. The van der Waals surface area contributed by atoms with Crippen LogP contribution in [0.25, 0.3) is 22.3 Å². The van der Waals surface area contributed by atoms with E-state index in [0.29, 0.717) is 17.8 Å². The number of halogens is 1. The molecule has 1 N–H and O–H groups in total. The molecule has 0 bridgehead atoms. The Morgan fingerprint density at radius 1 is 1.22 bits per heavy atom. The van der Waals surface area contributed by atoms with Crippen LogP contribution in [0.1, 0.15) is 44.9 Å². The van der Waals surface area contributed by atoms with Gasteiger partial charge >= 0.3 is 0 Å². The van der Waals surface area contributed by atoms with Gasteiger partial charge in [0.2, 0.25) is 11.7 Å². The Bertz CT molecular complexity index is 866. The van der Waals surface area contributed by atoms with Gasteiger partial charge in [0.25, 0.3) is 0 Å². The van der Waals surface area contributed by atoms with Gasteiger partial charge in [-0.3, -0.25) is 0 Å². The molecule has 3 aromatic rings. The van der Waals surface area contributed by atoms with E-state index in [1.807, 2.05) is 19.2 Å². The lowest BCUT2D eigenvalue weighted by atomic mass is 9.84. The molecule has 1 aliphatic carbocycles. The van der Waals surface area contributed by atoms with Crippen molar-refractivity contribution in [2.75, 3.05) is 6.54 Å². The smallest absolute Gasteiger partial charge is 0.228 e. The Labute approximate surface area is 166 Å². The van der Waals surface area contributed by atoms with Gasteiger partial charge in [0, 0.05) is 48.7 Å². The van der Waals surface area contributed by atoms with Crippen molar-refractivity contribution in [2.45, 2.75) is 51.5 Å². The fourth-order valence-corrected chi connectivity index (χ4v) is 4.19. The number of fused-ring (bicyclic) bond motifs is 1. The molecule has 1 atom stereocenters. The molecular formula is C21H29ClN4O. The summed E-state index contributed by atoms with van der Waals surface area (Å²) in [7, 11) is 2.05. The average Bonchev–Trinajstić information content (AvgIpc) is 3.27. The molecule has 0 unspecified atom stereocenters. The second-order valence-corrected chi connectivity index (χ2v) is 7.57. The van der Waals surface area contributed by atoms with Crippen LogP contribution in [0.2, 0.25) is 0 Å². The maximum absolute atomic E-state index is 5.49. The number of rotatable bonds is 6. The normalized spacial score (nSPS) is 16.4. The number of hydrogen-bond acceptors (Lipinski definition) is 4. The van der Waals surface area contributed by atoms with E-state index in [-0.39, 0.29) is 12.4 Å². The third-order valence-corrected chi connectivity index (χ3v) is 5.77. The highest BCUT2D eigenvalue weighted by molar-refractivity contribution is 5.94. The summed E-state index contributed by atoms with van der Waals surface area (Å²) in [5.74, 6) is 2.20. The van der Waals surface area contributed by atoms with Crippen LogP contribution in [0.5, 0.6) is 0 Å². The molecule has 0 radical (unpaired) electrons. The molecule has 6 heteroatoms. The summed E-state index contributed by atoms with van der Waals surface area (Å²) < 4.78 is 7.60. The number of para-hydroxylation sites is 1. The molecule has 1 fully saturated rings. The summed E-state index contributed by atoms with van der Waals surface area (Å²) in [4.78, 5) is 4.62. The molecule has 0 aliphatic heterocycles. The number of aryl methyl sites for hydroxylation is 1. The van der Waals surface area contributed by atoms with Gasteiger partial charge in [-0.05, 0) is 31.7 Å². The second-order valence-electron chi connectivity index (χ2n) is 7.57. The maximum Gasteiger partial charge on any atom is 0.228 e. The number of benzene rings is 1. The van der Waals surface area contributed by atoms with Crippen LogP contribution < -0.4 is 5.32 Å². The van der Waals surface area contributed by atoms with Gasteiger partial charge in [-0.15, -0.1) is 12.4 Å². The standard InChI is InChI=1S/C21H28N4O.ClH/c1-15(16-8-4-3-5-9-16)22-13-12-20-23-21(24-26-20)18-14-25(2)19-11-7-6-10-17(18)19;/h6-7,10-11,14-16,22H,3-5,8-9,12-13H2,1-2H3;1H/t15-;/m1./s1. The molecule has 27 heavy (non-hydrogen) atoms. The van der Waals surface area contributed by atoms with Crippen molar-refractivity contribution in [3.05, 3.63) is 36.4 Å². The lowest BCUT2D eigenvalue weighted by Crippen LogP contribution is -2.35. The van der Waals surface area contributed by atoms with Gasteiger partial charge in [0.1, 0.15) is 0 Å². The van der Waals surface area contributed by atoms with Gasteiger partial charge < -0.3 is 14.4 Å². The molecule has 0 amide bonds. The van der Waals surface area contributed by atoms with Crippen molar-refractivity contribution < 1.29 is 4.52 Å². The minimum absolute atomic E-state index is 0. The fraction of sp³-hybridized carbons (Fsp3) is 0.524. The predicted molar refractivity (Wildman–Crippen MR) is 111 cm³/mol. The minimum atomic E-state index is 0. The Morgan fingerprint density at radius 3 is 2.81 bits per heavy atom. The average molecular weight is 389 g/mol. The molecule has 146 valence electrons. The first-order valence-corrected chi connectivity index (χ1v) is 9.83. The zero-order chi connectivity index (χ0) is 17.9. The summed E-state index contributed by atoms with van der Waals surface area (Å²) >= 11 is 0. The van der Waals surface area contributed by atoms with E-state index in [1.165, 1.54) is 37.6 Å². The maximum atomic E-state index is 5.49. The Morgan fingerprint density at radius 2 is 2.00 bits per heavy atom. The van der Waals surface area contributed by atoms with E-state index in [1.54, 1.807) is 0 Å². The van der Waals surface area contributed by atoms with E-state index in [2.05, 4.69) is 45.3 Å². The fourth-order valence-electron chi connectivity index (χ4n) is 4.19. The molecule has 0 saturated heterocycles. The zero-order valence-electron chi connectivity index (χ0n) is 16.1. The first kappa shape index (κ1) is 19.9. The topological polar surface area (TPSA) is 55.9 Å². The quantitative estimate of drug-likeness (QED) is 0.661. The molecule has 1 aliphatic rings. The monoisotopic (exact) mass is 388 g/mol. The summed E-state index contributed by atoms with van der Waals surface area (Å²) in [6, 6.07) is 8.87. The minimum Gasteiger partial charge on any atom is -0.350 e. The molecule has 4 rings (SSSR count). The van der Waals surface area contributed by atoms with E-state index < -0.39 is 0 Å². The van der Waals surface area contributed by atoms with Gasteiger partial charge in [0.05, 0.1) is 0 Å². The van der Waals surface area contributed by atoms with Gasteiger partial charge in [0.15, 0.2) is 0 Å². The lowest BCUT2D eigenvalue weighted by molar-refractivity contribution is 0.279. The van der Waals surface area contributed by atoms with Gasteiger partial charge in [-0.25, -0.2) is 0 Å². The van der Waals surface area contributed by atoms with Crippen LogP contribution >= 0.6 is 12.4 Å². The first-order chi connectivity index (χ1) is 12.7. The Kier molecular flexibility index (Phi) is 6.55. The van der Waals surface area contributed by atoms with Crippen molar-refractivity contribution in [2.24, 2.45) is 13.0 Å². The number of nitrogens with zero attached hydrogens (tertiary/aromatic N) is 3. The third kappa shape index (κ3) is 4.36. The van der Waals surface area contributed by atoms with Crippen molar-refractivity contribution >= 4 is 23.3 Å². The number of aromatic nitrogens is 3. The molecule has 1 aromatic carbocycles. The van der Waals surface area contributed by atoms with Gasteiger partial charge in [-0.2, -0.15) is 4.98 Å².